The normalized spacial score (nSPS) is 34.3. The van der Waals surface area contributed by atoms with E-state index in [0.717, 1.165) is 25.8 Å². The van der Waals surface area contributed by atoms with Gasteiger partial charge in [-0.2, -0.15) is 0 Å². The van der Waals surface area contributed by atoms with Crippen LogP contribution in [0.3, 0.4) is 0 Å². The van der Waals surface area contributed by atoms with Gasteiger partial charge in [0.15, 0.2) is 0 Å². The van der Waals surface area contributed by atoms with Crippen LogP contribution in [0, 0.1) is 11.3 Å². The standard InChI is InChI=1S/C22H29NO2/c1-3-25-21(24)20-14-19-13-18-11-7-8-12-22(18,20)16(2)23(19)15-17-9-5-4-6-10-17/h4-6,9-10,13,16,19-20H,3,7-8,11-12,14-15H2,1-2H3. The molecule has 4 aliphatic rings. The highest BCUT2D eigenvalue weighted by molar-refractivity contribution is 5.75. The van der Waals surface area contributed by atoms with Crippen molar-refractivity contribution in [3.63, 3.8) is 0 Å². The molecule has 134 valence electrons. The van der Waals surface area contributed by atoms with Crippen molar-refractivity contribution in [1.29, 1.82) is 0 Å². The Morgan fingerprint density at radius 2 is 2.08 bits per heavy atom. The van der Waals surface area contributed by atoms with E-state index in [9.17, 15) is 4.79 Å². The molecule has 3 nitrogen and oxygen atoms in total. The summed E-state index contributed by atoms with van der Waals surface area (Å²) in [5, 5.41) is 0. The van der Waals surface area contributed by atoms with Crippen molar-refractivity contribution < 1.29 is 9.53 Å². The summed E-state index contributed by atoms with van der Waals surface area (Å²) in [5.41, 5.74) is 2.90. The minimum atomic E-state index is -0.00592. The van der Waals surface area contributed by atoms with Gasteiger partial charge in [-0.15, -0.1) is 0 Å². The first-order valence-corrected chi connectivity index (χ1v) is 9.84. The van der Waals surface area contributed by atoms with Gasteiger partial charge in [0, 0.05) is 24.0 Å². The topological polar surface area (TPSA) is 29.5 Å². The fraction of sp³-hybridized carbons (Fsp3) is 0.591. The van der Waals surface area contributed by atoms with E-state index >= 15 is 0 Å². The number of hydrogen-bond donors (Lipinski definition) is 0. The summed E-state index contributed by atoms with van der Waals surface area (Å²) >= 11 is 0. The molecule has 1 aromatic rings. The molecule has 2 fully saturated rings. The van der Waals surface area contributed by atoms with Crippen LogP contribution in [-0.2, 0) is 16.1 Å². The van der Waals surface area contributed by atoms with Crippen molar-refractivity contribution in [2.75, 3.05) is 6.61 Å². The van der Waals surface area contributed by atoms with Crippen LogP contribution >= 0.6 is 0 Å². The van der Waals surface area contributed by atoms with Crippen LogP contribution in [0.4, 0.5) is 0 Å². The molecular formula is C22H29NO2. The van der Waals surface area contributed by atoms with Crippen molar-refractivity contribution in [2.45, 2.75) is 64.6 Å². The van der Waals surface area contributed by atoms with Gasteiger partial charge in [-0.1, -0.05) is 48.4 Å². The summed E-state index contributed by atoms with van der Waals surface area (Å²) in [4.78, 5) is 15.4. The number of ether oxygens (including phenoxy) is 1. The predicted octanol–water partition coefficient (Wildman–Crippen LogP) is 4.33. The van der Waals surface area contributed by atoms with Crippen LogP contribution < -0.4 is 0 Å². The molecule has 0 radical (unpaired) electrons. The molecule has 4 unspecified atom stereocenters. The molecule has 1 aromatic carbocycles. The molecule has 1 saturated carbocycles. The van der Waals surface area contributed by atoms with Gasteiger partial charge in [0.25, 0.3) is 0 Å². The third-order valence-electron chi connectivity index (χ3n) is 6.83. The molecular weight excluding hydrogens is 310 g/mol. The lowest BCUT2D eigenvalue weighted by Gasteiger charge is -2.61. The maximum Gasteiger partial charge on any atom is 0.309 e. The maximum atomic E-state index is 12.8. The molecule has 0 amide bonds. The number of benzene rings is 1. The van der Waals surface area contributed by atoms with Gasteiger partial charge >= 0.3 is 5.97 Å². The fourth-order valence-electron chi connectivity index (χ4n) is 5.70. The SMILES string of the molecule is CCOC(=O)C1CC2C=C3CCCCC31C(C)N2Cc1ccccc1. The first-order chi connectivity index (χ1) is 12.2. The molecule has 2 aliphatic carbocycles. The first kappa shape index (κ1) is 16.8. The number of esters is 1. The average Bonchev–Trinajstić information content (AvgIpc) is 2.64. The number of rotatable bonds is 4. The second-order valence-corrected chi connectivity index (χ2v) is 7.88. The third kappa shape index (κ3) is 2.64. The van der Waals surface area contributed by atoms with Crippen LogP contribution in [0.5, 0.6) is 0 Å². The highest BCUT2D eigenvalue weighted by Gasteiger charge is 2.59. The molecule has 2 heterocycles. The summed E-state index contributed by atoms with van der Waals surface area (Å²) < 4.78 is 5.49. The highest BCUT2D eigenvalue weighted by atomic mass is 16.5. The van der Waals surface area contributed by atoms with Gasteiger partial charge in [0.2, 0.25) is 0 Å². The van der Waals surface area contributed by atoms with Gasteiger partial charge in [0.1, 0.15) is 0 Å². The van der Waals surface area contributed by atoms with E-state index in [-0.39, 0.29) is 17.3 Å². The van der Waals surface area contributed by atoms with E-state index in [1.165, 1.54) is 18.4 Å². The Kier molecular flexibility index (Phi) is 4.45. The highest BCUT2D eigenvalue weighted by Crippen LogP contribution is 2.59. The predicted molar refractivity (Wildman–Crippen MR) is 99.0 cm³/mol. The van der Waals surface area contributed by atoms with E-state index < -0.39 is 0 Å². The fourth-order valence-corrected chi connectivity index (χ4v) is 5.70. The smallest absolute Gasteiger partial charge is 0.309 e. The van der Waals surface area contributed by atoms with Gasteiger partial charge in [-0.25, -0.2) is 0 Å². The summed E-state index contributed by atoms with van der Waals surface area (Å²) in [5.74, 6) is 0.0750. The van der Waals surface area contributed by atoms with Crippen LogP contribution in [0.1, 0.15) is 51.5 Å². The molecule has 0 aromatic heterocycles. The maximum absolute atomic E-state index is 12.8. The van der Waals surface area contributed by atoms with Crippen LogP contribution in [0.25, 0.3) is 0 Å². The van der Waals surface area contributed by atoms with E-state index in [4.69, 9.17) is 4.74 Å². The molecule has 4 atom stereocenters. The largest absolute Gasteiger partial charge is 0.466 e. The van der Waals surface area contributed by atoms with Crippen molar-refractivity contribution in [1.82, 2.24) is 4.90 Å². The van der Waals surface area contributed by atoms with E-state index in [2.05, 4.69) is 48.2 Å². The average molecular weight is 339 g/mol. The van der Waals surface area contributed by atoms with Crippen LogP contribution in [-0.4, -0.2) is 29.6 Å². The van der Waals surface area contributed by atoms with E-state index in [1.54, 1.807) is 5.57 Å². The Morgan fingerprint density at radius 1 is 1.28 bits per heavy atom. The monoisotopic (exact) mass is 339 g/mol. The molecule has 3 heteroatoms. The summed E-state index contributed by atoms with van der Waals surface area (Å²) in [6, 6.07) is 11.5. The van der Waals surface area contributed by atoms with E-state index in [1.807, 2.05) is 6.92 Å². The Balaban J connectivity index is 1.68. The van der Waals surface area contributed by atoms with Crippen LogP contribution in [0.15, 0.2) is 42.0 Å². The molecule has 1 spiro atoms. The Labute approximate surface area is 151 Å². The van der Waals surface area contributed by atoms with E-state index in [0.29, 0.717) is 18.7 Å². The molecule has 2 aliphatic heterocycles. The van der Waals surface area contributed by atoms with Gasteiger partial charge in [-0.3, -0.25) is 9.69 Å². The van der Waals surface area contributed by atoms with Gasteiger partial charge in [0.05, 0.1) is 12.5 Å². The number of carbonyl (C=O) groups is 1. The summed E-state index contributed by atoms with van der Waals surface area (Å²) in [7, 11) is 0. The molecule has 2 bridgehead atoms. The first-order valence-electron chi connectivity index (χ1n) is 9.84. The molecule has 0 N–H and O–H groups in total. The number of nitrogens with zero attached hydrogens (tertiary/aromatic N) is 1. The van der Waals surface area contributed by atoms with Crippen molar-refractivity contribution in [3.8, 4) is 0 Å². The second-order valence-electron chi connectivity index (χ2n) is 7.88. The minimum absolute atomic E-state index is 0.00592. The number of piperidine rings is 1. The minimum Gasteiger partial charge on any atom is -0.466 e. The zero-order valence-electron chi connectivity index (χ0n) is 15.4. The summed E-state index contributed by atoms with van der Waals surface area (Å²) in [6.07, 6.45) is 8.19. The lowest BCUT2D eigenvalue weighted by atomic mass is 9.52. The molecule has 1 saturated heterocycles. The molecule has 5 rings (SSSR count). The zero-order valence-corrected chi connectivity index (χ0v) is 15.4. The summed E-state index contributed by atoms with van der Waals surface area (Å²) in [6.45, 7) is 5.71. The van der Waals surface area contributed by atoms with Crippen molar-refractivity contribution in [2.24, 2.45) is 11.3 Å². The van der Waals surface area contributed by atoms with Crippen molar-refractivity contribution >= 4 is 5.97 Å². The lowest BCUT2D eigenvalue weighted by molar-refractivity contribution is -0.163. The molecule has 25 heavy (non-hydrogen) atoms. The van der Waals surface area contributed by atoms with Gasteiger partial charge in [-0.05, 0) is 45.1 Å². The lowest BCUT2D eigenvalue weighted by Crippen LogP contribution is -2.64. The number of hydrogen-bond acceptors (Lipinski definition) is 3. The second kappa shape index (κ2) is 6.60. The number of fused-ring (bicyclic) bond motifs is 2. The number of carbonyl (C=O) groups excluding carboxylic acids is 1. The van der Waals surface area contributed by atoms with Crippen molar-refractivity contribution in [3.05, 3.63) is 47.5 Å². The third-order valence-corrected chi connectivity index (χ3v) is 6.83. The van der Waals surface area contributed by atoms with Crippen LogP contribution in [0.2, 0.25) is 0 Å². The quantitative estimate of drug-likeness (QED) is 0.604. The zero-order chi connectivity index (χ0) is 17.4. The van der Waals surface area contributed by atoms with Gasteiger partial charge < -0.3 is 4.74 Å². The Bertz CT molecular complexity index is 668. The Morgan fingerprint density at radius 3 is 2.84 bits per heavy atom. The Hall–Kier alpha value is -1.61.